The van der Waals surface area contributed by atoms with Gasteiger partial charge in [0, 0.05) is 27.2 Å². The lowest BCUT2D eigenvalue weighted by Gasteiger charge is -1.91. The molecule has 0 aliphatic rings. The third-order valence-electron chi connectivity index (χ3n) is 2.24. The summed E-state index contributed by atoms with van der Waals surface area (Å²) in [6.45, 7) is 3.70. The fraction of sp³-hybridized carbons (Fsp3) is 0.222. The average molecular weight is 278 g/mol. The predicted molar refractivity (Wildman–Crippen MR) is 62.3 cm³/mol. The molecule has 0 saturated heterocycles. The third-order valence-corrected chi connectivity index (χ3v) is 5.28. The van der Waals surface area contributed by atoms with E-state index in [4.69, 9.17) is 15.2 Å². The molecule has 7 heteroatoms. The molecule has 0 amide bonds. The van der Waals surface area contributed by atoms with Gasteiger partial charge in [-0.1, -0.05) is 5.16 Å². The SMILES string of the molecule is Cc1noc(-c2csc(S(=O)(=O)Cl)c2)c1C. The van der Waals surface area contributed by atoms with E-state index in [0.29, 0.717) is 11.3 Å². The fourth-order valence-electron chi connectivity index (χ4n) is 1.25. The largest absolute Gasteiger partial charge is 0.356 e. The van der Waals surface area contributed by atoms with Gasteiger partial charge in [-0.05, 0) is 19.9 Å². The first-order chi connectivity index (χ1) is 7.39. The summed E-state index contributed by atoms with van der Waals surface area (Å²) in [7, 11) is 1.57. The number of halogens is 1. The summed E-state index contributed by atoms with van der Waals surface area (Å²) in [4.78, 5) is 0. The second kappa shape index (κ2) is 3.87. The zero-order valence-electron chi connectivity index (χ0n) is 8.52. The van der Waals surface area contributed by atoms with Crippen molar-refractivity contribution in [2.45, 2.75) is 18.1 Å². The van der Waals surface area contributed by atoms with Crippen LogP contribution in [0.15, 0.2) is 20.2 Å². The third kappa shape index (κ3) is 2.00. The quantitative estimate of drug-likeness (QED) is 0.792. The molecular weight excluding hydrogens is 270 g/mol. The van der Waals surface area contributed by atoms with Gasteiger partial charge in [0.25, 0.3) is 9.05 Å². The number of thiophene rings is 1. The van der Waals surface area contributed by atoms with Crippen molar-refractivity contribution in [2.24, 2.45) is 0 Å². The van der Waals surface area contributed by atoms with Gasteiger partial charge in [0.15, 0.2) is 5.76 Å². The van der Waals surface area contributed by atoms with Crippen LogP contribution < -0.4 is 0 Å². The maximum atomic E-state index is 11.1. The monoisotopic (exact) mass is 277 g/mol. The fourth-order valence-corrected chi connectivity index (χ4v) is 3.19. The molecule has 2 rings (SSSR count). The molecule has 0 aliphatic carbocycles. The minimum Gasteiger partial charge on any atom is -0.356 e. The summed E-state index contributed by atoms with van der Waals surface area (Å²) in [5.41, 5.74) is 2.37. The van der Waals surface area contributed by atoms with Crippen molar-refractivity contribution < 1.29 is 12.9 Å². The Labute approximate surface area is 101 Å². The summed E-state index contributed by atoms with van der Waals surface area (Å²) in [5.74, 6) is 0.584. The number of aromatic nitrogens is 1. The summed E-state index contributed by atoms with van der Waals surface area (Å²) in [6.07, 6.45) is 0. The topological polar surface area (TPSA) is 60.2 Å². The lowest BCUT2D eigenvalue weighted by atomic mass is 10.1. The van der Waals surface area contributed by atoms with Crippen molar-refractivity contribution in [2.75, 3.05) is 0 Å². The maximum absolute atomic E-state index is 11.1. The highest BCUT2D eigenvalue weighted by molar-refractivity contribution is 8.15. The van der Waals surface area contributed by atoms with E-state index >= 15 is 0 Å². The smallest absolute Gasteiger partial charge is 0.270 e. The standard InChI is InChI=1S/C9H8ClNO3S2/c1-5-6(2)11-14-9(5)7-3-8(15-4-7)16(10,12)13/h3-4H,1-2H3. The van der Waals surface area contributed by atoms with Crippen molar-refractivity contribution in [3.63, 3.8) is 0 Å². The van der Waals surface area contributed by atoms with Crippen molar-refractivity contribution in [1.82, 2.24) is 5.16 Å². The molecule has 0 N–H and O–H groups in total. The van der Waals surface area contributed by atoms with Gasteiger partial charge in [0.2, 0.25) is 0 Å². The number of aryl methyl sites for hydroxylation is 1. The Hall–Kier alpha value is -0.850. The molecule has 2 heterocycles. The molecule has 0 aliphatic heterocycles. The van der Waals surface area contributed by atoms with Crippen LogP contribution in [0, 0.1) is 13.8 Å². The predicted octanol–water partition coefficient (Wildman–Crippen LogP) is 2.95. The van der Waals surface area contributed by atoms with Crippen LogP contribution in [0.4, 0.5) is 0 Å². The molecule has 86 valence electrons. The Morgan fingerprint density at radius 3 is 2.56 bits per heavy atom. The summed E-state index contributed by atoms with van der Waals surface area (Å²) >= 11 is 1.06. The number of hydrogen-bond acceptors (Lipinski definition) is 5. The molecule has 4 nitrogen and oxygen atoms in total. The molecule has 0 atom stereocenters. The van der Waals surface area contributed by atoms with E-state index in [1.807, 2.05) is 13.8 Å². The average Bonchev–Trinajstić information content (AvgIpc) is 2.74. The molecular formula is C9H8ClNO3S2. The van der Waals surface area contributed by atoms with E-state index in [9.17, 15) is 8.42 Å². The van der Waals surface area contributed by atoms with Crippen LogP contribution in [0.2, 0.25) is 0 Å². The number of nitrogens with zero attached hydrogens (tertiary/aromatic N) is 1. The van der Waals surface area contributed by atoms with Crippen molar-refractivity contribution >= 4 is 31.1 Å². The first kappa shape index (κ1) is 11.6. The summed E-state index contributed by atoms with van der Waals surface area (Å²) in [5, 5.41) is 5.49. The van der Waals surface area contributed by atoms with Gasteiger partial charge in [0.1, 0.15) is 4.21 Å². The Bertz CT molecular complexity index is 627. The van der Waals surface area contributed by atoms with Crippen LogP contribution in [-0.2, 0) is 9.05 Å². The molecule has 0 fully saturated rings. The Morgan fingerprint density at radius 1 is 1.44 bits per heavy atom. The first-order valence-electron chi connectivity index (χ1n) is 4.36. The minimum absolute atomic E-state index is 0.109. The van der Waals surface area contributed by atoms with E-state index < -0.39 is 9.05 Å². The normalized spacial score (nSPS) is 11.9. The summed E-state index contributed by atoms with van der Waals surface area (Å²) < 4.78 is 27.4. The zero-order chi connectivity index (χ0) is 11.9. The van der Waals surface area contributed by atoms with E-state index in [1.54, 1.807) is 5.38 Å². The van der Waals surface area contributed by atoms with Crippen molar-refractivity contribution in [3.05, 3.63) is 22.7 Å². The Morgan fingerprint density at radius 2 is 2.12 bits per heavy atom. The first-order valence-corrected chi connectivity index (χ1v) is 7.55. The van der Waals surface area contributed by atoms with E-state index in [1.165, 1.54) is 6.07 Å². The Balaban J connectivity index is 2.51. The number of rotatable bonds is 2. The van der Waals surface area contributed by atoms with Crippen LogP contribution in [0.3, 0.4) is 0 Å². The van der Waals surface area contributed by atoms with Crippen molar-refractivity contribution in [1.29, 1.82) is 0 Å². The van der Waals surface area contributed by atoms with Gasteiger partial charge < -0.3 is 4.52 Å². The second-order valence-corrected chi connectivity index (χ2v) is 7.02. The van der Waals surface area contributed by atoms with Gasteiger partial charge in [-0.25, -0.2) is 8.42 Å². The molecule has 0 radical (unpaired) electrons. The molecule has 0 unspecified atom stereocenters. The van der Waals surface area contributed by atoms with Crippen LogP contribution in [0.25, 0.3) is 11.3 Å². The maximum Gasteiger partial charge on any atom is 0.270 e. The van der Waals surface area contributed by atoms with E-state index in [0.717, 1.165) is 22.6 Å². The highest BCUT2D eigenvalue weighted by Crippen LogP contribution is 2.32. The molecule has 2 aromatic rings. The minimum atomic E-state index is -3.67. The molecule has 0 saturated carbocycles. The van der Waals surface area contributed by atoms with Crippen LogP contribution in [0.5, 0.6) is 0 Å². The zero-order valence-corrected chi connectivity index (χ0v) is 10.9. The van der Waals surface area contributed by atoms with Gasteiger partial charge in [-0.2, -0.15) is 0 Å². The van der Waals surface area contributed by atoms with E-state index in [-0.39, 0.29) is 4.21 Å². The highest BCUT2D eigenvalue weighted by Gasteiger charge is 2.17. The molecule has 0 spiro atoms. The molecule has 2 aromatic heterocycles. The molecule has 0 bridgehead atoms. The van der Waals surface area contributed by atoms with Crippen LogP contribution in [-0.4, -0.2) is 13.6 Å². The van der Waals surface area contributed by atoms with Crippen LogP contribution >= 0.6 is 22.0 Å². The Kier molecular flexibility index (Phi) is 2.81. The van der Waals surface area contributed by atoms with Gasteiger partial charge in [0.05, 0.1) is 5.69 Å². The highest BCUT2D eigenvalue weighted by atomic mass is 35.7. The lowest BCUT2D eigenvalue weighted by molar-refractivity contribution is 0.427. The molecule has 0 aromatic carbocycles. The number of hydrogen-bond donors (Lipinski definition) is 0. The molecule has 16 heavy (non-hydrogen) atoms. The lowest BCUT2D eigenvalue weighted by Crippen LogP contribution is -1.84. The van der Waals surface area contributed by atoms with E-state index in [2.05, 4.69) is 5.16 Å². The van der Waals surface area contributed by atoms with Gasteiger partial charge in [-0.3, -0.25) is 0 Å². The summed E-state index contributed by atoms with van der Waals surface area (Å²) in [6, 6.07) is 1.49. The van der Waals surface area contributed by atoms with Crippen molar-refractivity contribution in [3.8, 4) is 11.3 Å². The second-order valence-electron chi connectivity index (χ2n) is 3.31. The van der Waals surface area contributed by atoms with Gasteiger partial charge >= 0.3 is 0 Å². The van der Waals surface area contributed by atoms with Crippen LogP contribution in [0.1, 0.15) is 11.3 Å². The van der Waals surface area contributed by atoms with Gasteiger partial charge in [-0.15, -0.1) is 11.3 Å².